The number of nitrogens with zero attached hydrogens (tertiary/aromatic N) is 3. The molecule has 0 aliphatic heterocycles. The van der Waals surface area contributed by atoms with Crippen molar-refractivity contribution in [3.63, 3.8) is 0 Å². The van der Waals surface area contributed by atoms with Gasteiger partial charge in [-0.1, -0.05) is 41.6 Å². The lowest BCUT2D eigenvalue weighted by molar-refractivity contribution is 0.0994. The van der Waals surface area contributed by atoms with Crippen molar-refractivity contribution in [3.05, 3.63) is 65.5 Å². The van der Waals surface area contributed by atoms with Gasteiger partial charge in [-0.05, 0) is 38.1 Å². The Balaban J connectivity index is 1.78. The number of ketones is 1. The fourth-order valence-corrected chi connectivity index (χ4v) is 3.32. The minimum Gasteiger partial charge on any atom is -0.305 e. The van der Waals surface area contributed by atoms with E-state index in [2.05, 4.69) is 10.2 Å². The summed E-state index contributed by atoms with van der Waals surface area (Å²) in [5.74, 6) is 0.395. The Bertz CT molecular complexity index is 888. The molecule has 3 rings (SSSR count). The van der Waals surface area contributed by atoms with Crippen molar-refractivity contribution < 1.29 is 9.18 Å². The molecule has 1 atom stereocenters. The van der Waals surface area contributed by atoms with Gasteiger partial charge in [0.15, 0.2) is 16.8 Å². The second-order valence-electron chi connectivity index (χ2n) is 5.86. The van der Waals surface area contributed by atoms with E-state index in [9.17, 15) is 9.18 Å². The predicted molar refractivity (Wildman–Crippen MR) is 97.2 cm³/mol. The van der Waals surface area contributed by atoms with Gasteiger partial charge in [-0.3, -0.25) is 4.79 Å². The van der Waals surface area contributed by atoms with Crippen LogP contribution in [0.1, 0.15) is 22.8 Å². The Morgan fingerprint density at radius 3 is 2.36 bits per heavy atom. The third-order valence-electron chi connectivity index (χ3n) is 3.92. The molecule has 25 heavy (non-hydrogen) atoms. The van der Waals surface area contributed by atoms with Gasteiger partial charge in [-0.2, -0.15) is 0 Å². The number of halogens is 1. The molecule has 0 radical (unpaired) electrons. The number of carbonyl (C=O) groups excluding carboxylic acids is 1. The summed E-state index contributed by atoms with van der Waals surface area (Å²) in [6.45, 7) is 3.85. The molecule has 0 amide bonds. The van der Waals surface area contributed by atoms with Crippen molar-refractivity contribution in [3.8, 4) is 11.4 Å². The molecule has 0 spiro atoms. The van der Waals surface area contributed by atoms with Crippen LogP contribution in [0.4, 0.5) is 4.39 Å². The van der Waals surface area contributed by atoms with Gasteiger partial charge in [-0.15, -0.1) is 10.2 Å². The highest BCUT2D eigenvalue weighted by Crippen LogP contribution is 2.27. The van der Waals surface area contributed by atoms with E-state index >= 15 is 0 Å². The lowest BCUT2D eigenvalue weighted by atomic mass is 10.1. The van der Waals surface area contributed by atoms with Crippen LogP contribution in [0.2, 0.25) is 0 Å². The third kappa shape index (κ3) is 3.79. The Hall–Kier alpha value is -2.47. The number of benzene rings is 2. The summed E-state index contributed by atoms with van der Waals surface area (Å²) in [5, 5.41) is 8.71. The van der Waals surface area contributed by atoms with Crippen molar-refractivity contribution in [2.45, 2.75) is 24.3 Å². The molecule has 0 aliphatic carbocycles. The Labute approximate surface area is 150 Å². The van der Waals surface area contributed by atoms with Crippen LogP contribution in [0.5, 0.6) is 0 Å². The average molecular weight is 355 g/mol. The van der Waals surface area contributed by atoms with Crippen LogP contribution < -0.4 is 0 Å². The molecule has 0 saturated heterocycles. The lowest BCUT2D eigenvalue weighted by Gasteiger charge is -2.10. The number of aromatic nitrogens is 3. The zero-order valence-corrected chi connectivity index (χ0v) is 15.0. The molecule has 4 nitrogen and oxygen atoms in total. The van der Waals surface area contributed by atoms with Crippen molar-refractivity contribution in [1.82, 2.24) is 14.8 Å². The van der Waals surface area contributed by atoms with E-state index in [-0.39, 0.29) is 16.9 Å². The number of rotatable bonds is 5. The van der Waals surface area contributed by atoms with E-state index in [1.807, 2.05) is 49.7 Å². The normalized spacial score (nSPS) is 12.2. The van der Waals surface area contributed by atoms with Gasteiger partial charge in [0.1, 0.15) is 5.82 Å². The van der Waals surface area contributed by atoms with E-state index in [4.69, 9.17) is 0 Å². The third-order valence-corrected chi connectivity index (χ3v) is 5.06. The molecule has 0 unspecified atom stereocenters. The van der Waals surface area contributed by atoms with Gasteiger partial charge in [0.05, 0.1) is 5.25 Å². The van der Waals surface area contributed by atoms with E-state index in [1.165, 1.54) is 23.9 Å². The van der Waals surface area contributed by atoms with Crippen LogP contribution in [0, 0.1) is 12.7 Å². The Morgan fingerprint density at radius 2 is 1.72 bits per heavy atom. The average Bonchev–Trinajstić information content (AvgIpc) is 2.96. The Kier molecular flexibility index (Phi) is 4.99. The summed E-state index contributed by atoms with van der Waals surface area (Å²) < 4.78 is 14.9. The summed E-state index contributed by atoms with van der Waals surface area (Å²) in [6, 6.07) is 13.6. The monoisotopic (exact) mass is 355 g/mol. The first kappa shape index (κ1) is 17.4. The van der Waals surface area contributed by atoms with Crippen LogP contribution in [0.15, 0.2) is 53.7 Å². The summed E-state index contributed by atoms with van der Waals surface area (Å²) in [6.07, 6.45) is 0. The van der Waals surface area contributed by atoms with Crippen LogP contribution in [0.25, 0.3) is 11.4 Å². The molecule has 0 aliphatic rings. The maximum atomic E-state index is 13.1. The first-order valence-electron chi connectivity index (χ1n) is 7.88. The number of Topliss-reactive ketones (excluding diaryl/α,β-unsaturated/α-hetero) is 1. The molecule has 0 N–H and O–H groups in total. The molecule has 1 aromatic heterocycles. The van der Waals surface area contributed by atoms with E-state index < -0.39 is 0 Å². The fraction of sp³-hybridized carbons (Fsp3) is 0.211. The van der Waals surface area contributed by atoms with Gasteiger partial charge in [0, 0.05) is 18.2 Å². The first-order chi connectivity index (χ1) is 12.0. The van der Waals surface area contributed by atoms with Crippen molar-refractivity contribution in [2.75, 3.05) is 0 Å². The van der Waals surface area contributed by atoms with Crippen molar-refractivity contribution in [2.24, 2.45) is 7.05 Å². The van der Waals surface area contributed by atoms with Gasteiger partial charge in [0.25, 0.3) is 0 Å². The molecule has 0 fully saturated rings. The molecule has 128 valence electrons. The maximum Gasteiger partial charge on any atom is 0.191 e. The van der Waals surface area contributed by atoms with Crippen LogP contribution in [-0.4, -0.2) is 25.8 Å². The number of carbonyl (C=O) groups is 1. The van der Waals surface area contributed by atoms with E-state index in [1.54, 1.807) is 12.1 Å². The smallest absolute Gasteiger partial charge is 0.191 e. The molecular weight excluding hydrogens is 337 g/mol. The van der Waals surface area contributed by atoms with Crippen LogP contribution in [-0.2, 0) is 7.05 Å². The SMILES string of the molecule is Cc1ccc(C(=O)[C@@H](C)Sc2nnc(-c3ccc(F)cc3)n2C)cc1. The van der Waals surface area contributed by atoms with Gasteiger partial charge < -0.3 is 4.57 Å². The first-order valence-corrected chi connectivity index (χ1v) is 8.76. The second kappa shape index (κ2) is 7.19. The summed E-state index contributed by atoms with van der Waals surface area (Å²) >= 11 is 1.36. The maximum absolute atomic E-state index is 13.1. The molecule has 0 bridgehead atoms. The van der Waals surface area contributed by atoms with Gasteiger partial charge >= 0.3 is 0 Å². The quantitative estimate of drug-likeness (QED) is 0.506. The molecule has 0 saturated carbocycles. The van der Waals surface area contributed by atoms with Crippen LogP contribution >= 0.6 is 11.8 Å². The highest BCUT2D eigenvalue weighted by molar-refractivity contribution is 8.00. The lowest BCUT2D eigenvalue weighted by Crippen LogP contribution is -2.14. The van der Waals surface area contributed by atoms with E-state index in [0.29, 0.717) is 16.5 Å². The zero-order valence-electron chi connectivity index (χ0n) is 14.2. The minimum absolute atomic E-state index is 0.0522. The molecule has 6 heteroatoms. The topological polar surface area (TPSA) is 47.8 Å². The highest BCUT2D eigenvalue weighted by Gasteiger charge is 2.20. The standard InChI is InChI=1S/C19H18FN3OS/c1-12-4-6-14(7-5-12)17(24)13(2)25-19-22-21-18(23(19)3)15-8-10-16(20)11-9-15/h4-11,13H,1-3H3/t13-/m1/s1. The van der Waals surface area contributed by atoms with Crippen molar-refractivity contribution >= 4 is 17.5 Å². The largest absolute Gasteiger partial charge is 0.305 e. The summed E-state index contributed by atoms with van der Waals surface area (Å²) in [4.78, 5) is 12.6. The molecule has 3 aromatic rings. The number of aryl methyl sites for hydroxylation is 1. The minimum atomic E-state index is -0.294. The summed E-state index contributed by atoms with van der Waals surface area (Å²) in [5.41, 5.74) is 2.58. The van der Waals surface area contributed by atoms with Crippen molar-refractivity contribution in [1.29, 1.82) is 0 Å². The van der Waals surface area contributed by atoms with Crippen LogP contribution in [0.3, 0.4) is 0 Å². The fourth-order valence-electron chi connectivity index (χ4n) is 2.43. The van der Waals surface area contributed by atoms with E-state index in [0.717, 1.165) is 11.1 Å². The van der Waals surface area contributed by atoms with Gasteiger partial charge in [-0.25, -0.2) is 4.39 Å². The predicted octanol–water partition coefficient (Wildman–Crippen LogP) is 4.29. The molecule has 2 aromatic carbocycles. The second-order valence-corrected chi connectivity index (χ2v) is 7.17. The van der Waals surface area contributed by atoms with Gasteiger partial charge in [0.2, 0.25) is 0 Å². The Morgan fingerprint density at radius 1 is 1.08 bits per heavy atom. The highest BCUT2D eigenvalue weighted by atomic mass is 32.2. The number of hydrogen-bond acceptors (Lipinski definition) is 4. The number of thioether (sulfide) groups is 1. The zero-order chi connectivity index (χ0) is 18.0. The molecular formula is C19H18FN3OS. The number of hydrogen-bond donors (Lipinski definition) is 0. The molecule has 1 heterocycles. The summed E-state index contributed by atoms with van der Waals surface area (Å²) in [7, 11) is 1.84.